The topological polar surface area (TPSA) is 84.0 Å². The highest BCUT2D eigenvalue weighted by molar-refractivity contribution is 7.92. The van der Waals surface area contributed by atoms with Crippen LogP contribution in [0.25, 0.3) is 0 Å². The van der Waals surface area contributed by atoms with Crippen LogP contribution < -0.4 is 10.0 Å². The molecule has 1 aromatic heterocycles. The number of halogens is 1. The third kappa shape index (κ3) is 4.96. The second-order valence-electron chi connectivity index (χ2n) is 4.71. The van der Waals surface area contributed by atoms with Gasteiger partial charge in [-0.25, -0.2) is 12.8 Å². The van der Waals surface area contributed by atoms with Crippen molar-refractivity contribution in [2.45, 2.75) is 19.8 Å². The van der Waals surface area contributed by atoms with E-state index >= 15 is 0 Å². The Morgan fingerprint density at radius 2 is 1.68 bits per heavy atom. The Morgan fingerprint density at radius 3 is 2.27 bits per heavy atom. The molecule has 0 aliphatic rings. The van der Waals surface area contributed by atoms with Crippen molar-refractivity contribution in [1.29, 1.82) is 0 Å². The van der Waals surface area contributed by atoms with Crippen molar-refractivity contribution >= 4 is 27.3 Å². The lowest BCUT2D eigenvalue weighted by Crippen LogP contribution is -2.17. The Balaban J connectivity index is 1.99. The van der Waals surface area contributed by atoms with E-state index in [1.54, 1.807) is 18.2 Å². The Hall–Kier alpha value is -2.22. The van der Waals surface area contributed by atoms with Crippen LogP contribution in [0.15, 0.2) is 36.4 Å². The van der Waals surface area contributed by atoms with Gasteiger partial charge in [0.25, 0.3) is 0 Å². The van der Waals surface area contributed by atoms with E-state index in [1.165, 1.54) is 18.2 Å². The number of unbranched alkanes of at least 4 members (excludes halogenated alkanes) is 1. The van der Waals surface area contributed by atoms with Crippen LogP contribution in [0.4, 0.5) is 21.7 Å². The first-order chi connectivity index (χ1) is 10.5. The summed E-state index contributed by atoms with van der Waals surface area (Å²) in [5.74, 6) is 0.332. The van der Waals surface area contributed by atoms with Crippen molar-refractivity contribution < 1.29 is 12.8 Å². The van der Waals surface area contributed by atoms with Crippen molar-refractivity contribution in [3.63, 3.8) is 0 Å². The minimum absolute atomic E-state index is 0.0563. The molecule has 0 aliphatic carbocycles. The summed E-state index contributed by atoms with van der Waals surface area (Å²) in [4.78, 5) is 0. The predicted molar refractivity (Wildman–Crippen MR) is 84.0 cm³/mol. The van der Waals surface area contributed by atoms with Gasteiger partial charge >= 0.3 is 0 Å². The van der Waals surface area contributed by atoms with Gasteiger partial charge in [-0.1, -0.05) is 13.3 Å². The molecule has 2 aromatic rings. The van der Waals surface area contributed by atoms with Gasteiger partial charge in [0, 0.05) is 5.69 Å². The number of hydrogen-bond donors (Lipinski definition) is 2. The highest BCUT2D eigenvalue weighted by atomic mass is 32.2. The molecule has 8 heteroatoms. The summed E-state index contributed by atoms with van der Waals surface area (Å²) >= 11 is 0. The molecular formula is C14H17FN4O2S. The second kappa shape index (κ2) is 7.17. The van der Waals surface area contributed by atoms with Crippen LogP contribution in [0.1, 0.15) is 19.8 Å². The Bertz CT molecular complexity index is 703. The third-order valence-corrected chi connectivity index (χ3v) is 4.15. The van der Waals surface area contributed by atoms with E-state index in [-0.39, 0.29) is 17.4 Å². The van der Waals surface area contributed by atoms with Crippen LogP contribution in [-0.4, -0.2) is 24.4 Å². The largest absolute Gasteiger partial charge is 0.339 e. The normalized spacial score (nSPS) is 11.2. The van der Waals surface area contributed by atoms with Crippen LogP contribution in [-0.2, 0) is 10.0 Å². The van der Waals surface area contributed by atoms with Crippen molar-refractivity contribution in [2.24, 2.45) is 0 Å². The Labute approximate surface area is 128 Å². The lowest BCUT2D eigenvalue weighted by Gasteiger charge is -2.08. The number of benzene rings is 1. The first kappa shape index (κ1) is 16.2. The van der Waals surface area contributed by atoms with E-state index in [1.807, 2.05) is 6.92 Å². The van der Waals surface area contributed by atoms with Crippen molar-refractivity contribution in [3.05, 3.63) is 42.2 Å². The summed E-state index contributed by atoms with van der Waals surface area (Å²) < 4.78 is 38.6. The standard InChI is InChI=1S/C14H17FN4O2S/c1-2-3-10-22(20,21)19-14-9-8-13(17-18-14)16-12-6-4-11(15)5-7-12/h4-9H,2-3,10H2,1H3,(H,16,17)(H,18,19). The second-order valence-corrected chi connectivity index (χ2v) is 6.55. The van der Waals surface area contributed by atoms with Crippen LogP contribution in [0.3, 0.4) is 0 Å². The zero-order valence-electron chi connectivity index (χ0n) is 12.1. The van der Waals surface area contributed by atoms with Crippen molar-refractivity contribution in [1.82, 2.24) is 10.2 Å². The van der Waals surface area contributed by atoms with Gasteiger partial charge in [-0.05, 0) is 42.8 Å². The molecule has 118 valence electrons. The van der Waals surface area contributed by atoms with E-state index in [0.29, 0.717) is 17.9 Å². The molecule has 0 saturated carbocycles. The zero-order valence-corrected chi connectivity index (χ0v) is 12.9. The third-order valence-electron chi connectivity index (χ3n) is 2.81. The number of rotatable bonds is 7. The maximum atomic E-state index is 12.8. The van der Waals surface area contributed by atoms with Crippen LogP contribution in [0.2, 0.25) is 0 Å². The highest BCUT2D eigenvalue weighted by Gasteiger charge is 2.10. The fraction of sp³-hybridized carbons (Fsp3) is 0.286. The summed E-state index contributed by atoms with van der Waals surface area (Å²) in [6.07, 6.45) is 1.39. The van der Waals surface area contributed by atoms with E-state index in [0.717, 1.165) is 6.42 Å². The first-order valence-electron chi connectivity index (χ1n) is 6.85. The molecule has 1 aromatic carbocycles. The molecule has 6 nitrogen and oxygen atoms in total. The van der Waals surface area contributed by atoms with Crippen LogP contribution >= 0.6 is 0 Å². The average Bonchev–Trinajstić information content (AvgIpc) is 2.49. The van der Waals surface area contributed by atoms with Crippen molar-refractivity contribution in [3.8, 4) is 0 Å². The molecule has 1 heterocycles. The SMILES string of the molecule is CCCCS(=O)(=O)Nc1ccc(Nc2ccc(F)cc2)nn1. The number of nitrogens with one attached hydrogen (secondary N) is 2. The zero-order chi connectivity index (χ0) is 16.0. The molecule has 0 bridgehead atoms. The molecule has 0 aliphatic heterocycles. The lowest BCUT2D eigenvalue weighted by atomic mass is 10.3. The number of hydrogen-bond acceptors (Lipinski definition) is 5. The summed E-state index contributed by atoms with van der Waals surface area (Å²) in [6.45, 7) is 1.92. The molecule has 0 amide bonds. The molecule has 0 spiro atoms. The molecule has 22 heavy (non-hydrogen) atoms. The van der Waals surface area contributed by atoms with Gasteiger partial charge in [-0.2, -0.15) is 0 Å². The fourth-order valence-corrected chi connectivity index (χ4v) is 2.88. The number of anilines is 3. The molecule has 2 N–H and O–H groups in total. The van der Waals surface area contributed by atoms with Gasteiger partial charge in [-0.3, -0.25) is 4.72 Å². The highest BCUT2D eigenvalue weighted by Crippen LogP contribution is 2.15. The molecular weight excluding hydrogens is 307 g/mol. The fourth-order valence-electron chi connectivity index (χ4n) is 1.68. The lowest BCUT2D eigenvalue weighted by molar-refractivity contribution is 0.597. The van der Waals surface area contributed by atoms with Crippen LogP contribution in [0, 0.1) is 5.82 Å². The number of aromatic nitrogens is 2. The smallest absolute Gasteiger partial charge is 0.233 e. The minimum Gasteiger partial charge on any atom is -0.339 e. The predicted octanol–water partition coefficient (Wildman–Crippen LogP) is 2.90. The summed E-state index contributed by atoms with van der Waals surface area (Å²) in [7, 11) is -3.39. The van der Waals surface area contributed by atoms with Crippen LogP contribution in [0.5, 0.6) is 0 Å². The Kier molecular flexibility index (Phi) is 5.26. The monoisotopic (exact) mass is 324 g/mol. The van der Waals surface area contributed by atoms with Gasteiger partial charge in [0.05, 0.1) is 5.75 Å². The van der Waals surface area contributed by atoms with Gasteiger partial charge in [0.2, 0.25) is 10.0 Å². The molecule has 2 rings (SSSR count). The minimum atomic E-state index is -3.39. The number of nitrogens with zero attached hydrogens (tertiary/aromatic N) is 2. The van der Waals surface area contributed by atoms with E-state index < -0.39 is 10.0 Å². The van der Waals surface area contributed by atoms with Gasteiger partial charge in [0.1, 0.15) is 5.82 Å². The maximum absolute atomic E-state index is 12.8. The average molecular weight is 324 g/mol. The van der Waals surface area contributed by atoms with Gasteiger partial charge in [-0.15, -0.1) is 10.2 Å². The number of sulfonamides is 1. The van der Waals surface area contributed by atoms with E-state index in [4.69, 9.17) is 0 Å². The van der Waals surface area contributed by atoms with Crippen molar-refractivity contribution in [2.75, 3.05) is 15.8 Å². The summed E-state index contributed by atoms with van der Waals surface area (Å²) in [6, 6.07) is 8.89. The van der Waals surface area contributed by atoms with Gasteiger partial charge in [0.15, 0.2) is 11.6 Å². The maximum Gasteiger partial charge on any atom is 0.233 e. The van der Waals surface area contributed by atoms with Gasteiger partial charge < -0.3 is 5.32 Å². The van der Waals surface area contributed by atoms with E-state index in [9.17, 15) is 12.8 Å². The first-order valence-corrected chi connectivity index (χ1v) is 8.50. The van der Waals surface area contributed by atoms with E-state index in [2.05, 4.69) is 20.2 Å². The molecule has 0 radical (unpaired) electrons. The molecule has 0 saturated heterocycles. The quantitative estimate of drug-likeness (QED) is 0.818. The molecule has 0 unspecified atom stereocenters. The Morgan fingerprint density at radius 1 is 1.05 bits per heavy atom. The molecule has 0 fully saturated rings. The summed E-state index contributed by atoms with van der Waals surface area (Å²) in [5.41, 5.74) is 0.659. The summed E-state index contributed by atoms with van der Waals surface area (Å²) in [5, 5.41) is 10.6. The molecule has 0 atom stereocenters.